The number of aryl methyl sites for hydroxylation is 1. The van der Waals surface area contributed by atoms with Crippen LogP contribution in [0.1, 0.15) is 80.2 Å². The average Bonchev–Trinajstić information content (AvgIpc) is 2.95. The van der Waals surface area contributed by atoms with Crippen molar-refractivity contribution in [2.24, 2.45) is 0 Å². The summed E-state index contributed by atoms with van der Waals surface area (Å²) in [6.07, 6.45) is 4.23. The highest BCUT2D eigenvalue weighted by atomic mass is 16.7. The van der Waals surface area contributed by atoms with E-state index in [4.69, 9.17) is 18.6 Å². The molecule has 2 aliphatic heterocycles. The van der Waals surface area contributed by atoms with Crippen LogP contribution in [0.25, 0.3) is 0 Å². The molecule has 2 saturated heterocycles. The van der Waals surface area contributed by atoms with Crippen molar-refractivity contribution in [3.63, 3.8) is 0 Å². The minimum absolute atomic E-state index is 0.0351. The first-order valence-corrected chi connectivity index (χ1v) is 11.1. The van der Waals surface area contributed by atoms with Crippen molar-refractivity contribution in [2.75, 3.05) is 0 Å². The average molecular weight is 400 g/mol. The predicted octanol–water partition coefficient (Wildman–Crippen LogP) is 5.49. The minimum Gasteiger partial charge on any atom is -0.403 e. The summed E-state index contributed by atoms with van der Waals surface area (Å²) >= 11 is 0. The molecule has 2 heterocycles. The maximum atomic E-state index is 6.41. The lowest BCUT2D eigenvalue weighted by molar-refractivity contribution is 0.00578. The second-order valence-electron chi connectivity index (χ2n) is 10.6. The quantitative estimate of drug-likeness (QED) is 0.448. The molecule has 0 aliphatic carbocycles. The summed E-state index contributed by atoms with van der Waals surface area (Å²) < 4.78 is 25.6. The van der Waals surface area contributed by atoms with Gasteiger partial charge in [0.2, 0.25) is 0 Å². The van der Waals surface area contributed by atoms with Gasteiger partial charge in [0.05, 0.1) is 22.4 Å². The van der Waals surface area contributed by atoms with Gasteiger partial charge in [0, 0.05) is 5.72 Å². The van der Waals surface area contributed by atoms with Gasteiger partial charge in [0.15, 0.2) is 0 Å². The van der Waals surface area contributed by atoms with Crippen molar-refractivity contribution in [1.29, 1.82) is 0 Å². The second kappa shape index (κ2) is 8.03. The van der Waals surface area contributed by atoms with Gasteiger partial charge >= 0.3 is 14.2 Å². The Balaban J connectivity index is 1.69. The molecule has 0 unspecified atom stereocenters. The summed E-state index contributed by atoms with van der Waals surface area (Å²) in [5.41, 5.74) is -0.0106. The Kier molecular flexibility index (Phi) is 6.33. The normalized spacial score (nSPS) is 24.4. The van der Waals surface area contributed by atoms with Crippen LogP contribution >= 0.6 is 0 Å². The second-order valence-corrected chi connectivity index (χ2v) is 10.6. The van der Waals surface area contributed by atoms with E-state index >= 15 is 0 Å². The summed E-state index contributed by atoms with van der Waals surface area (Å²) in [5.74, 6) is 0. The Morgan fingerprint density at radius 2 is 1.07 bits per heavy atom. The van der Waals surface area contributed by atoms with Crippen molar-refractivity contribution < 1.29 is 18.6 Å². The minimum atomic E-state index is -0.358. The van der Waals surface area contributed by atoms with Gasteiger partial charge in [-0.1, -0.05) is 43.2 Å². The first-order valence-electron chi connectivity index (χ1n) is 11.1. The summed E-state index contributed by atoms with van der Waals surface area (Å²) in [6, 6.07) is 10.7. The van der Waals surface area contributed by atoms with Gasteiger partial charge in [-0.2, -0.15) is 0 Å². The van der Waals surface area contributed by atoms with Crippen LogP contribution in [0.5, 0.6) is 0 Å². The van der Waals surface area contributed by atoms with Crippen LogP contribution < -0.4 is 0 Å². The molecule has 0 spiro atoms. The number of hydrogen-bond acceptors (Lipinski definition) is 4. The van der Waals surface area contributed by atoms with Crippen molar-refractivity contribution in [1.82, 2.24) is 0 Å². The van der Waals surface area contributed by atoms with E-state index in [0.29, 0.717) is 0 Å². The lowest BCUT2D eigenvalue weighted by atomic mass is 9.50. The third-order valence-corrected chi connectivity index (χ3v) is 7.34. The SMILES string of the molecule is CC1(C)OB(C(CCCCc2ccccc2)B2OC(C)(C)C(C)(C)O2)OC1(C)C. The Morgan fingerprint density at radius 3 is 1.48 bits per heavy atom. The Morgan fingerprint density at radius 1 is 0.655 bits per heavy atom. The van der Waals surface area contributed by atoms with Gasteiger partial charge in [-0.05, 0) is 73.8 Å². The molecule has 6 heteroatoms. The molecule has 2 aliphatic rings. The highest BCUT2D eigenvalue weighted by Crippen LogP contribution is 2.46. The zero-order valence-corrected chi connectivity index (χ0v) is 19.6. The van der Waals surface area contributed by atoms with Crippen LogP contribution in [0, 0.1) is 0 Å². The van der Waals surface area contributed by atoms with Crippen LogP contribution in [-0.2, 0) is 25.0 Å². The van der Waals surface area contributed by atoms with Gasteiger partial charge in [-0.3, -0.25) is 0 Å². The van der Waals surface area contributed by atoms with Gasteiger partial charge in [0.1, 0.15) is 0 Å². The molecule has 1 aromatic carbocycles. The molecule has 0 aromatic heterocycles. The third kappa shape index (κ3) is 4.76. The van der Waals surface area contributed by atoms with Crippen molar-refractivity contribution in [3.8, 4) is 0 Å². The summed E-state index contributed by atoms with van der Waals surface area (Å²) in [4.78, 5) is 0. The van der Waals surface area contributed by atoms with Crippen molar-refractivity contribution in [3.05, 3.63) is 35.9 Å². The third-order valence-electron chi connectivity index (χ3n) is 7.34. The van der Waals surface area contributed by atoms with Crippen LogP contribution in [0.15, 0.2) is 30.3 Å². The fourth-order valence-electron chi connectivity index (χ4n) is 3.88. The van der Waals surface area contributed by atoms with Gasteiger partial charge in [0.25, 0.3) is 0 Å². The standard InChI is InChI=1S/C23H38B2O4/c1-20(2)21(3,4)27-24(26-20)19(25-28-22(5,6)23(7,8)29-25)17-13-12-16-18-14-10-9-11-15-18/h9-11,14-15,19H,12-13,16-17H2,1-8H3. The van der Waals surface area contributed by atoms with E-state index in [1.54, 1.807) is 0 Å². The molecular weight excluding hydrogens is 362 g/mol. The van der Waals surface area contributed by atoms with E-state index < -0.39 is 0 Å². The number of benzene rings is 1. The number of hydrogen-bond donors (Lipinski definition) is 0. The number of rotatable bonds is 7. The zero-order valence-electron chi connectivity index (χ0n) is 19.6. The topological polar surface area (TPSA) is 36.9 Å². The van der Waals surface area contributed by atoms with Crippen LogP contribution in [0.4, 0.5) is 0 Å². The molecule has 29 heavy (non-hydrogen) atoms. The molecule has 1 aromatic rings. The molecule has 0 N–H and O–H groups in total. The van der Waals surface area contributed by atoms with Crippen LogP contribution in [0.2, 0.25) is 5.72 Å². The lowest BCUT2D eigenvalue weighted by Gasteiger charge is -2.32. The first-order chi connectivity index (χ1) is 13.3. The molecule has 3 rings (SSSR count). The predicted molar refractivity (Wildman–Crippen MR) is 120 cm³/mol. The van der Waals surface area contributed by atoms with Crippen LogP contribution in [-0.4, -0.2) is 36.6 Å². The van der Waals surface area contributed by atoms with E-state index in [0.717, 1.165) is 25.7 Å². The Labute approximate surface area is 178 Å². The first kappa shape index (κ1) is 22.9. The molecule has 160 valence electrons. The molecule has 4 nitrogen and oxygen atoms in total. The fourth-order valence-corrected chi connectivity index (χ4v) is 3.88. The van der Waals surface area contributed by atoms with Gasteiger partial charge in [-0.15, -0.1) is 0 Å². The molecule has 0 saturated carbocycles. The zero-order chi connectivity index (χ0) is 21.5. The van der Waals surface area contributed by atoms with E-state index in [1.807, 2.05) is 0 Å². The molecule has 0 bridgehead atoms. The maximum Gasteiger partial charge on any atom is 0.458 e. The van der Waals surface area contributed by atoms with Crippen LogP contribution in [0.3, 0.4) is 0 Å². The monoisotopic (exact) mass is 400 g/mol. The number of unbranched alkanes of at least 4 members (excludes halogenated alkanes) is 1. The largest absolute Gasteiger partial charge is 0.458 e. The molecule has 0 amide bonds. The van der Waals surface area contributed by atoms with Crippen molar-refractivity contribution >= 4 is 14.2 Å². The van der Waals surface area contributed by atoms with Gasteiger partial charge < -0.3 is 18.6 Å². The summed E-state index contributed by atoms with van der Waals surface area (Å²) in [5, 5.41) is 0. The molecule has 2 fully saturated rings. The highest BCUT2D eigenvalue weighted by Gasteiger charge is 2.61. The molecule has 0 radical (unpaired) electrons. The van der Waals surface area contributed by atoms with E-state index in [1.165, 1.54) is 5.56 Å². The maximum absolute atomic E-state index is 6.41. The summed E-state index contributed by atoms with van der Waals surface area (Å²) in [6.45, 7) is 16.8. The van der Waals surface area contributed by atoms with Crippen molar-refractivity contribution in [2.45, 2.75) is 109 Å². The fraction of sp³-hybridized carbons (Fsp3) is 0.739. The smallest absolute Gasteiger partial charge is 0.403 e. The van der Waals surface area contributed by atoms with E-state index in [9.17, 15) is 0 Å². The lowest BCUT2D eigenvalue weighted by Crippen LogP contribution is -2.41. The highest BCUT2D eigenvalue weighted by molar-refractivity contribution is 6.68. The van der Waals surface area contributed by atoms with E-state index in [-0.39, 0.29) is 42.4 Å². The van der Waals surface area contributed by atoms with Gasteiger partial charge in [-0.25, -0.2) is 0 Å². The molecular formula is C23H38B2O4. The van der Waals surface area contributed by atoms with E-state index in [2.05, 4.69) is 85.7 Å². The molecule has 0 atom stereocenters. The summed E-state index contributed by atoms with van der Waals surface area (Å²) in [7, 11) is -0.655. The Hall–Kier alpha value is -0.810. The Bertz CT molecular complexity index is 619.